The van der Waals surface area contributed by atoms with E-state index in [-0.39, 0.29) is 37.4 Å². The van der Waals surface area contributed by atoms with Gasteiger partial charge in [-0.3, -0.25) is 14.4 Å². The summed E-state index contributed by atoms with van der Waals surface area (Å²) in [4.78, 5) is 55.3. The molecule has 0 spiro atoms. The van der Waals surface area contributed by atoms with E-state index in [0.717, 1.165) is 22.0 Å². The van der Waals surface area contributed by atoms with Gasteiger partial charge in [0.1, 0.15) is 23.9 Å². The van der Waals surface area contributed by atoms with E-state index in [2.05, 4.69) is 20.9 Å². The Bertz CT molecular complexity index is 1410. The van der Waals surface area contributed by atoms with Gasteiger partial charge in [0.25, 0.3) is 0 Å². The molecular formula is C32H44N6O6. The number of phenols is 1. The molecule has 0 radical (unpaired) electrons. The number of benzene rings is 2. The standard InChI is InChI=1S/C32H44N6O6/c1-19(2)15-27(37-29(40)24(34)16-20-10-12-22(39)13-11-20)30(41)38-28(17-21-18-35-25-8-4-3-7-23(21)25)31(42)36-26(32(43)44)9-5-6-14-33/h3-4,7-8,10-13,18-19,24,26-28,35,39H,5-6,9,14-17,33-34H2,1-2H3,(H,36,42)(H,37,40)(H,38,41)(H,43,44)/t24-,26-,27-,28-/m0/s1. The summed E-state index contributed by atoms with van der Waals surface area (Å²) in [6.07, 6.45) is 3.62. The zero-order chi connectivity index (χ0) is 32.2. The summed E-state index contributed by atoms with van der Waals surface area (Å²) in [5, 5.41) is 28.2. The predicted octanol–water partition coefficient (Wildman–Crippen LogP) is 1.70. The van der Waals surface area contributed by atoms with Crippen molar-refractivity contribution in [3.8, 4) is 5.75 Å². The number of carbonyl (C=O) groups excluding carboxylic acids is 3. The minimum absolute atomic E-state index is 0.0132. The van der Waals surface area contributed by atoms with Crippen molar-refractivity contribution in [2.45, 2.75) is 76.5 Å². The smallest absolute Gasteiger partial charge is 0.326 e. The molecule has 3 amide bonds. The van der Waals surface area contributed by atoms with Gasteiger partial charge in [-0.05, 0) is 73.9 Å². The number of hydrogen-bond donors (Lipinski definition) is 8. The van der Waals surface area contributed by atoms with Gasteiger partial charge in [0.05, 0.1) is 6.04 Å². The van der Waals surface area contributed by atoms with E-state index in [1.807, 2.05) is 38.1 Å². The number of carboxylic acids is 1. The van der Waals surface area contributed by atoms with Crippen LogP contribution in [0.15, 0.2) is 54.7 Å². The van der Waals surface area contributed by atoms with Crippen molar-refractivity contribution in [2.75, 3.05) is 6.54 Å². The highest BCUT2D eigenvalue weighted by molar-refractivity contribution is 5.95. The first kappa shape index (κ1) is 34.1. The van der Waals surface area contributed by atoms with Crippen molar-refractivity contribution in [3.05, 3.63) is 65.9 Å². The fourth-order valence-corrected chi connectivity index (χ4v) is 4.98. The van der Waals surface area contributed by atoms with Crippen LogP contribution in [0.3, 0.4) is 0 Å². The van der Waals surface area contributed by atoms with Gasteiger partial charge in [-0.2, -0.15) is 0 Å². The summed E-state index contributed by atoms with van der Waals surface area (Å²) in [5.41, 5.74) is 14.1. The van der Waals surface area contributed by atoms with Crippen LogP contribution in [0.5, 0.6) is 5.75 Å². The number of fused-ring (bicyclic) bond motifs is 1. The van der Waals surface area contributed by atoms with Gasteiger partial charge in [0, 0.05) is 23.5 Å². The Balaban J connectivity index is 1.80. The lowest BCUT2D eigenvalue weighted by atomic mass is 9.99. The fraction of sp³-hybridized carbons (Fsp3) is 0.438. The molecule has 3 rings (SSSR count). The molecule has 0 fully saturated rings. The second-order valence-electron chi connectivity index (χ2n) is 11.5. The summed E-state index contributed by atoms with van der Waals surface area (Å²) in [6.45, 7) is 4.20. The lowest BCUT2D eigenvalue weighted by molar-refractivity contribution is -0.142. The second-order valence-corrected chi connectivity index (χ2v) is 11.5. The number of para-hydroxylation sites is 1. The summed E-state index contributed by atoms with van der Waals surface area (Å²) in [6, 6.07) is 9.60. The SMILES string of the molecule is CC(C)C[C@H](NC(=O)[C@@H](N)Cc1ccc(O)cc1)C(=O)N[C@@H](Cc1c[nH]c2ccccc12)C(=O)N[C@@H](CCCCN)C(=O)O. The molecule has 4 atom stereocenters. The number of aromatic amines is 1. The minimum Gasteiger partial charge on any atom is -0.508 e. The van der Waals surface area contributed by atoms with Crippen LogP contribution in [-0.2, 0) is 32.0 Å². The van der Waals surface area contributed by atoms with Crippen LogP contribution in [0.4, 0.5) is 0 Å². The maximum Gasteiger partial charge on any atom is 0.326 e. The van der Waals surface area contributed by atoms with Crippen LogP contribution in [0.1, 0.15) is 50.7 Å². The number of nitrogens with two attached hydrogens (primary N) is 2. The van der Waals surface area contributed by atoms with Crippen LogP contribution in [0.25, 0.3) is 10.9 Å². The molecule has 0 aliphatic heterocycles. The van der Waals surface area contributed by atoms with E-state index in [9.17, 15) is 29.4 Å². The Morgan fingerprint density at radius 3 is 2.14 bits per heavy atom. The van der Waals surface area contributed by atoms with E-state index >= 15 is 0 Å². The van der Waals surface area contributed by atoms with Gasteiger partial charge in [0.15, 0.2) is 0 Å². The summed E-state index contributed by atoms with van der Waals surface area (Å²) < 4.78 is 0. The largest absolute Gasteiger partial charge is 0.508 e. The monoisotopic (exact) mass is 608 g/mol. The molecule has 238 valence electrons. The number of phenolic OH excluding ortho intramolecular Hbond substituents is 1. The van der Waals surface area contributed by atoms with E-state index in [1.165, 1.54) is 12.1 Å². The average Bonchev–Trinajstić information content (AvgIpc) is 3.39. The third-order valence-electron chi connectivity index (χ3n) is 7.36. The zero-order valence-electron chi connectivity index (χ0n) is 25.2. The molecule has 0 saturated carbocycles. The van der Waals surface area contributed by atoms with Crippen LogP contribution >= 0.6 is 0 Å². The fourth-order valence-electron chi connectivity index (χ4n) is 4.98. The Morgan fingerprint density at radius 1 is 0.841 bits per heavy atom. The number of nitrogens with one attached hydrogen (secondary N) is 4. The summed E-state index contributed by atoms with van der Waals surface area (Å²) >= 11 is 0. The van der Waals surface area contributed by atoms with E-state index < -0.39 is 47.9 Å². The van der Waals surface area contributed by atoms with E-state index in [4.69, 9.17) is 11.5 Å². The summed E-state index contributed by atoms with van der Waals surface area (Å²) in [5.74, 6) is -2.85. The number of amides is 3. The highest BCUT2D eigenvalue weighted by Gasteiger charge is 2.31. The molecule has 0 saturated heterocycles. The van der Waals surface area contributed by atoms with Crippen molar-refractivity contribution in [1.29, 1.82) is 0 Å². The maximum atomic E-state index is 13.7. The number of rotatable bonds is 17. The second kappa shape index (κ2) is 16.4. The molecule has 44 heavy (non-hydrogen) atoms. The van der Waals surface area contributed by atoms with Crippen molar-refractivity contribution in [1.82, 2.24) is 20.9 Å². The molecule has 0 aliphatic rings. The van der Waals surface area contributed by atoms with Crippen molar-refractivity contribution in [2.24, 2.45) is 17.4 Å². The molecule has 12 heteroatoms. The summed E-state index contributed by atoms with van der Waals surface area (Å²) in [7, 11) is 0. The van der Waals surface area contributed by atoms with Crippen LogP contribution in [0.2, 0.25) is 0 Å². The van der Waals surface area contributed by atoms with Crippen LogP contribution in [-0.4, -0.2) is 69.6 Å². The first-order valence-electron chi connectivity index (χ1n) is 14.9. The number of aromatic nitrogens is 1. The number of hydrogen-bond acceptors (Lipinski definition) is 7. The van der Waals surface area contributed by atoms with Gasteiger partial charge in [-0.15, -0.1) is 0 Å². The predicted molar refractivity (Wildman–Crippen MR) is 168 cm³/mol. The van der Waals surface area contributed by atoms with Crippen LogP contribution in [0, 0.1) is 5.92 Å². The first-order chi connectivity index (χ1) is 21.0. The van der Waals surface area contributed by atoms with Crippen molar-refractivity contribution in [3.63, 3.8) is 0 Å². The van der Waals surface area contributed by atoms with E-state index in [1.54, 1.807) is 18.3 Å². The van der Waals surface area contributed by atoms with Gasteiger partial charge < -0.3 is 42.6 Å². The van der Waals surface area contributed by atoms with Crippen molar-refractivity contribution < 1.29 is 29.4 Å². The number of aromatic hydroxyl groups is 1. The van der Waals surface area contributed by atoms with Gasteiger partial charge in [-0.25, -0.2) is 4.79 Å². The Hall–Kier alpha value is -4.42. The van der Waals surface area contributed by atoms with Gasteiger partial charge in [-0.1, -0.05) is 44.2 Å². The number of aliphatic carboxylic acids is 1. The Kier molecular flexibility index (Phi) is 12.7. The van der Waals surface area contributed by atoms with E-state index in [0.29, 0.717) is 19.4 Å². The Labute approximate surface area is 257 Å². The molecule has 10 N–H and O–H groups in total. The molecule has 12 nitrogen and oxygen atoms in total. The van der Waals surface area contributed by atoms with Gasteiger partial charge >= 0.3 is 5.97 Å². The quantitative estimate of drug-likeness (QED) is 0.105. The third kappa shape index (κ3) is 10.1. The molecule has 0 aliphatic carbocycles. The molecule has 1 heterocycles. The number of unbranched alkanes of at least 4 members (excludes halogenated alkanes) is 1. The number of carboxylic acid groups (broad SMARTS) is 1. The maximum absolute atomic E-state index is 13.7. The molecular weight excluding hydrogens is 564 g/mol. The minimum atomic E-state index is -1.18. The number of H-pyrrole nitrogens is 1. The lowest BCUT2D eigenvalue weighted by Gasteiger charge is -2.26. The highest BCUT2D eigenvalue weighted by atomic mass is 16.4. The average molecular weight is 609 g/mol. The molecule has 1 aromatic heterocycles. The highest BCUT2D eigenvalue weighted by Crippen LogP contribution is 2.20. The third-order valence-corrected chi connectivity index (χ3v) is 7.36. The zero-order valence-corrected chi connectivity index (χ0v) is 25.2. The van der Waals surface area contributed by atoms with Crippen LogP contribution < -0.4 is 27.4 Å². The molecule has 0 bridgehead atoms. The lowest BCUT2D eigenvalue weighted by Crippen LogP contribution is -2.58. The first-order valence-corrected chi connectivity index (χ1v) is 14.9. The topological polar surface area (TPSA) is 213 Å². The molecule has 0 unspecified atom stereocenters. The Morgan fingerprint density at radius 2 is 1.48 bits per heavy atom. The molecule has 3 aromatic rings. The van der Waals surface area contributed by atoms with Gasteiger partial charge in [0.2, 0.25) is 17.7 Å². The van der Waals surface area contributed by atoms with Crippen molar-refractivity contribution >= 4 is 34.6 Å². The normalized spacial score (nSPS) is 14.0. The molecule has 2 aromatic carbocycles. The number of carbonyl (C=O) groups is 4.